The van der Waals surface area contributed by atoms with E-state index in [1.807, 2.05) is 24.0 Å². The fraction of sp³-hybridized carbons (Fsp3) is 0.579. The van der Waals surface area contributed by atoms with Crippen LogP contribution in [0.5, 0.6) is 0 Å². The molecule has 128 valence electrons. The predicted molar refractivity (Wildman–Crippen MR) is 90.8 cm³/mol. The second-order valence-corrected chi connectivity index (χ2v) is 7.26. The van der Waals surface area contributed by atoms with Gasteiger partial charge in [0, 0.05) is 19.0 Å². The molecule has 0 N–H and O–H groups in total. The largest absolute Gasteiger partial charge is 0.447 e. The molecule has 2 amide bonds. The highest BCUT2D eigenvalue weighted by Crippen LogP contribution is 2.34. The molecule has 0 spiro atoms. The Morgan fingerprint density at radius 2 is 2.00 bits per heavy atom. The summed E-state index contributed by atoms with van der Waals surface area (Å²) in [4.78, 5) is 28.9. The molecule has 1 saturated carbocycles. The van der Waals surface area contributed by atoms with Crippen LogP contribution in [0.2, 0.25) is 0 Å². The summed E-state index contributed by atoms with van der Waals surface area (Å²) < 4.78 is 5.29. The van der Waals surface area contributed by atoms with E-state index in [0.717, 1.165) is 36.1 Å². The Labute approximate surface area is 142 Å². The van der Waals surface area contributed by atoms with Crippen LogP contribution in [0.3, 0.4) is 0 Å². The molecule has 1 atom stereocenters. The standard InChI is InChI=1S/C19H24N2O3/c1-13-6-7-15-11-20(18(22)14-4-2-3-5-14)9-8-16-12-24-19(23)21(16)17(15)10-13/h6-7,10,14,16H,2-5,8-9,11-12H2,1H3. The second kappa shape index (κ2) is 6.11. The third kappa shape index (κ3) is 2.66. The average molecular weight is 328 g/mol. The molecule has 1 saturated heterocycles. The minimum atomic E-state index is -0.262. The van der Waals surface area contributed by atoms with Gasteiger partial charge in [0.2, 0.25) is 5.91 Å². The molecule has 0 aromatic heterocycles. The molecule has 2 aliphatic heterocycles. The monoisotopic (exact) mass is 328 g/mol. The van der Waals surface area contributed by atoms with Gasteiger partial charge in [-0.15, -0.1) is 0 Å². The predicted octanol–water partition coefficient (Wildman–Crippen LogP) is 3.24. The van der Waals surface area contributed by atoms with Crippen molar-refractivity contribution in [3.8, 4) is 0 Å². The van der Waals surface area contributed by atoms with E-state index in [2.05, 4.69) is 6.07 Å². The SMILES string of the molecule is Cc1ccc2c(c1)N1C(=O)OCC1CCN(C(=O)C1CCCC1)C2. The zero-order chi connectivity index (χ0) is 16.7. The lowest BCUT2D eigenvalue weighted by molar-refractivity contribution is -0.136. The zero-order valence-electron chi connectivity index (χ0n) is 14.2. The molecule has 1 unspecified atom stereocenters. The fourth-order valence-electron chi connectivity index (χ4n) is 4.21. The lowest BCUT2D eigenvalue weighted by Gasteiger charge is -2.33. The first kappa shape index (κ1) is 15.5. The number of carbonyl (C=O) groups is 2. The molecule has 1 aliphatic carbocycles. The van der Waals surface area contributed by atoms with Gasteiger partial charge in [0.1, 0.15) is 6.61 Å². The van der Waals surface area contributed by atoms with Crippen LogP contribution in [0.15, 0.2) is 18.2 Å². The Hall–Kier alpha value is -2.04. The first-order chi connectivity index (χ1) is 11.6. The van der Waals surface area contributed by atoms with E-state index in [9.17, 15) is 9.59 Å². The van der Waals surface area contributed by atoms with Crippen molar-refractivity contribution in [3.63, 3.8) is 0 Å². The number of nitrogens with zero attached hydrogens (tertiary/aromatic N) is 2. The summed E-state index contributed by atoms with van der Waals surface area (Å²) in [6, 6.07) is 6.17. The van der Waals surface area contributed by atoms with E-state index in [1.54, 1.807) is 4.90 Å². The quantitative estimate of drug-likeness (QED) is 0.795. The maximum atomic E-state index is 12.9. The molecule has 0 bridgehead atoms. The number of amides is 2. The van der Waals surface area contributed by atoms with Gasteiger partial charge in [0.25, 0.3) is 0 Å². The van der Waals surface area contributed by atoms with E-state index in [-0.39, 0.29) is 24.0 Å². The highest BCUT2D eigenvalue weighted by Gasteiger charge is 2.38. The number of benzene rings is 1. The molecule has 3 aliphatic rings. The number of rotatable bonds is 1. The third-order valence-corrected chi connectivity index (χ3v) is 5.57. The lowest BCUT2D eigenvalue weighted by atomic mass is 10.0. The Morgan fingerprint density at radius 3 is 2.79 bits per heavy atom. The molecular weight excluding hydrogens is 304 g/mol. The van der Waals surface area contributed by atoms with Crippen LogP contribution < -0.4 is 4.90 Å². The Morgan fingerprint density at radius 1 is 1.21 bits per heavy atom. The number of anilines is 1. The number of fused-ring (bicyclic) bond motifs is 3. The number of carbonyl (C=O) groups excluding carboxylic acids is 2. The molecule has 5 heteroatoms. The van der Waals surface area contributed by atoms with Gasteiger partial charge in [0.05, 0.1) is 11.7 Å². The minimum Gasteiger partial charge on any atom is -0.447 e. The molecule has 2 heterocycles. The smallest absolute Gasteiger partial charge is 0.414 e. The highest BCUT2D eigenvalue weighted by molar-refractivity contribution is 5.91. The van der Waals surface area contributed by atoms with Crippen LogP contribution in [0, 0.1) is 12.8 Å². The Balaban J connectivity index is 1.67. The number of hydrogen-bond donors (Lipinski definition) is 0. The Kier molecular flexibility index (Phi) is 3.94. The summed E-state index contributed by atoms with van der Waals surface area (Å²) in [6.45, 7) is 3.72. The molecule has 0 radical (unpaired) electrons. The van der Waals surface area contributed by atoms with E-state index >= 15 is 0 Å². The zero-order valence-corrected chi connectivity index (χ0v) is 14.2. The van der Waals surface area contributed by atoms with Crippen LogP contribution in [0.25, 0.3) is 0 Å². The first-order valence-corrected chi connectivity index (χ1v) is 8.98. The summed E-state index contributed by atoms with van der Waals surface area (Å²) in [5, 5.41) is 0. The van der Waals surface area contributed by atoms with Gasteiger partial charge in [-0.1, -0.05) is 25.0 Å². The molecular formula is C19H24N2O3. The van der Waals surface area contributed by atoms with Gasteiger partial charge in [-0.3, -0.25) is 9.69 Å². The number of aryl methyl sites for hydroxylation is 1. The van der Waals surface area contributed by atoms with Crippen LogP contribution in [0.1, 0.15) is 43.2 Å². The molecule has 5 nitrogen and oxygen atoms in total. The van der Waals surface area contributed by atoms with Gasteiger partial charge in [-0.05, 0) is 43.4 Å². The molecule has 4 rings (SSSR count). The summed E-state index contributed by atoms with van der Waals surface area (Å²) in [5.41, 5.74) is 3.06. The van der Waals surface area contributed by atoms with E-state index < -0.39 is 0 Å². The molecule has 2 fully saturated rings. The highest BCUT2D eigenvalue weighted by atomic mass is 16.6. The molecule has 24 heavy (non-hydrogen) atoms. The van der Waals surface area contributed by atoms with Crippen molar-refractivity contribution in [2.45, 2.75) is 51.6 Å². The topological polar surface area (TPSA) is 49.9 Å². The molecule has 1 aromatic rings. The number of ether oxygens (including phenoxy) is 1. The summed E-state index contributed by atoms with van der Waals surface area (Å²) in [6.07, 6.45) is 4.89. The maximum Gasteiger partial charge on any atom is 0.414 e. The van der Waals surface area contributed by atoms with Crippen molar-refractivity contribution in [2.75, 3.05) is 18.1 Å². The summed E-state index contributed by atoms with van der Waals surface area (Å²) in [5.74, 6) is 0.480. The maximum absolute atomic E-state index is 12.9. The van der Waals surface area contributed by atoms with Crippen molar-refractivity contribution in [2.24, 2.45) is 5.92 Å². The van der Waals surface area contributed by atoms with Crippen molar-refractivity contribution in [1.82, 2.24) is 4.90 Å². The van der Waals surface area contributed by atoms with E-state index in [0.29, 0.717) is 19.7 Å². The van der Waals surface area contributed by atoms with Crippen LogP contribution in [-0.4, -0.2) is 36.1 Å². The van der Waals surface area contributed by atoms with Crippen molar-refractivity contribution < 1.29 is 14.3 Å². The van der Waals surface area contributed by atoms with Gasteiger partial charge in [-0.25, -0.2) is 4.79 Å². The van der Waals surface area contributed by atoms with Gasteiger partial charge in [0.15, 0.2) is 0 Å². The van der Waals surface area contributed by atoms with Gasteiger partial charge < -0.3 is 9.64 Å². The Bertz CT molecular complexity index is 667. The number of cyclic esters (lactones) is 1. The van der Waals surface area contributed by atoms with Crippen molar-refractivity contribution in [1.29, 1.82) is 0 Å². The molecule has 1 aromatic carbocycles. The van der Waals surface area contributed by atoms with E-state index in [4.69, 9.17) is 4.74 Å². The third-order valence-electron chi connectivity index (χ3n) is 5.57. The fourth-order valence-corrected chi connectivity index (χ4v) is 4.21. The van der Waals surface area contributed by atoms with Crippen LogP contribution in [0.4, 0.5) is 10.5 Å². The van der Waals surface area contributed by atoms with Crippen molar-refractivity contribution in [3.05, 3.63) is 29.3 Å². The van der Waals surface area contributed by atoms with Gasteiger partial charge in [-0.2, -0.15) is 0 Å². The van der Waals surface area contributed by atoms with E-state index in [1.165, 1.54) is 12.8 Å². The normalized spacial score (nSPS) is 24.2. The summed E-state index contributed by atoms with van der Waals surface area (Å²) in [7, 11) is 0. The number of hydrogen-bond acceptors (Lipinski definition) is 3. The average Bonchev–Trinajstić information content (AvgIpc) is 3.20. The first-order valence-electron chi connectivity index (χ1n) is 8.98. The van der Waals surface area contributed by atoms with Crippen LogP contribution >= 0.6 is 0 Å². The lowest BCUT2D eigenvalue weighted by Crippen LogP contribution is -2.43. The van der Waals surface area contributed by atoms with Crippen molar-refractivity contribution >= 4 is 17.7 Å². The van der Waals surface area contributed by atoms with Crippen LogP contribution in [-0.2, 0) is 16.1 Å². The second-order valence-electron chi connectivity index (χ2n) is 7.26. The summed E-state index contributed by atoms with van der Waals surface area (Å²) >= 11 is 0. The minimum absolute atomic E-state index is 0.0252. The van der Waals surface area contributed by atoms with Gasteiger partial charge >= 0.3 is 6.09 Å².